The van der Waals surface area contributed by atoms with Crippen molar-refractivity contribution in [1.29, 1.82) is 0 Å². The molecule has 1 amide bonds. The maximum atomic E-state index is 11.3. The van der Waals surface area contributed by atoms with E-state index in [2.05, 4.69) is 5.32 Å². The third-order valence-electron chi connectivity index (χ3n) is 2.58. The Morgan fingerprint density at radius 1 is 1.69 bits per heavy atom. The summed E-state index contributed by atoms with van der Waals surface area (Å²) in [6.07, 6.45) is 1.78. The number of hydrogen-bond donors (Lipinski definition) is 2. The first-order valence-corrected chi connectivity index (χ1v) is 4.62. The molecule has 5 heteroatoms. The average Bonchev–Trinajstić information content (AvgIpc) is 2.72. The lowest BCUT2D eigenvalue weighted by Crippen LogP contribution is -2.48. The number of amides is 1. The highest BCUT2D eigenvalue weighted by Crippen LogP contribution is 2.19. The molecule has 0 radical (unpaired) electrons. The molecule has 2 fully saturated rings. The van der Waals surface area contributed by atoms with E-state index >= 15 is 0 Å². The Morgan fingerprint density at radius 2 is 2.54 bits per heavy atom. The quantitative estimate of drug-likeness (QED) is 0.611. The van der Waals surface area contributed by atoms with Gasteiger partial charge in [0.15, 0.2) is 0 Å². The van der Waals surface area contributed by atoms with Gasteiger partial charge in [0.05, 0.1) is 18.8 Å². The van der Waals surface area contributed by atoms with Crippen molar-refractivity contribution in [3.05, 3.63) is 0 Å². The SMILES string of the molecule is O=C1OCC(CO)N1C1CCCN1. The minimum absolute atomic E-state index is 0.0239. The zero-order chi connectivity index (χ0) is 9.26. The molecule has 0 aromatic carbocycles. The van der Waals surface area contributed by atoms with Crippen molar-refractivity contribution in [2.75, 3.05) is 19.8 Å². The summed E-state index contributed by atoms with van der Waals surface area (Å²) in [4.78, 5) is 12.9. The summed E-state index contributed by atoms with van der Waals surface area (Å²) in [7, 11) is 0. The Labute approximate surface area is 76.7 Å². The molecule has 2 aliphatic rings. The summed E-state index contributed by atoms with van der Waals surface area (Å²) >= 11 is 0. The van der Waals surface area contributed by atoms with Crippen LogP contribution in [0.5, 0.6) is 0 Å². The van der Waals surface area contributed by atoms with Gasteiger partial charge in [0.1, 0.15) is 6.61 Å². The molecular weight excluding hydrogens is 172 g/mol. The molecule has 2 saturated heterocycles. The predicted octanol–water partition coefficient (Wildman–Crippen LogP) is -0.491. The van der Waals surface area contributed by atoms with Crippen molar-refractivity contribution in [3.63, 3.8) is 0 Å². The molecule has 0 aliphatic carbocycles. The monoisotopic (exact) mass is 186 g/mol. The van der Waals surface area contributed by atoms with E-state index in [1.54, 1.807) is 4.90 Å². The van der Waals surface area contributed by atoms with Gasteiger partial charge in [-0.1, -0.05) is 0 Å². The molecule has 0 aromatic heterocycles. The standard InChI is InChI=1S/C8H14N2O3/c11-4-6-5-13-8(12)10(6)7-2-1-3-9-7/h6-7,9,11H,1-5H2. The summed E-state index contributed by atoms with van der Waals surface area (Å²) in [6.45, 7) is 1.23. The second-order valence-electron chi connectivity index (χ2n) is 3.43. The highest BCUT2D eigenvalue weighted by atomic mass is 16.6. The molecule has 2 unspecified atom stereocenters. The van der Waals surface area contributed by atoms with Crippen LogP contribution in [0, 0.1) is 0 Å². The number of carbonyl (C=O) groups is 1. The first kappa shape index (κ1) is 8.77. The minimum Gasteiger partial charge on any atom is -0.447 e. The van der Waals surface area contributed by atoms with Gasteiger partial charge in [0, 0.05) is 0 Å². The van der Waals surface area contributed by atoms with Crippen molar-refractivity contribution in [2.45, 2.75) is 25.0 Å². The number of nitrogens with zero attached hydrogens (tertiary/aromatic N) is 1. The van der Waals surface area contributed by atoms with Crippen molar-refractivity contribution in [3.8, 4) is 0 Å². The molecule has 13 heavy (non-hydrogen) atoms. The Kier molecular flexibility index (Phi) is 2.37. The highest BCUT2D eigenvalue weighted by Gasteiger charge is 2.38. The molecule has 2 heterocycles. The van der Waals surface area contributed by atoms with Gasteiger partial charge >= 0.3 is 6.09 Å². The fourth-order valence-corrected chi connectivity index (χ4v) is 1.90. The number of hydrogen-bond acceptors (Lipinski definition) is 4. The minimum atomic E-state index is -0.307. The Bertz CT molecular complexity index is 204. The topological polar surface area (TPSA) is 61.8 Å². The summed E-state index contributed by atoms with van der Waals surface area (Å²) in [5, 5.41) is 12.2. The van der Waals surface area contributed by atoms with Crippen LogP contribution < -0.4 is 5.32 Å². The van der Waals surface area contributed by atoms with Crippen LogP contribution in [0.25, 0.3) is 0 Å². The molecule has 0 spiro atoms. The zero-order valence-corrected chi connectivity index (χ0v) is 7.40. The number of carbonyl (C=O) groups excluding carboxylic acids is 1. The van der Waals surface area contributed by atoms with Crippen LogP contribution in [0.4, 0.5) is 4.79 Å². The van der Waals surface area contributed by atoms with Gasteiger partial charge in [-0.2, -0.15) is 0 Å². The fraction of sp³-hybridized carbons (Fsp3) is 0.875. The van der Waals surface area contributed by atoms with Gasteiger partial charge in [-0.25, -0.2) is 4.79 Å². The summed E-state index contributed by atoms with van der Waals surface area (Å²) in [5.41, 5.74) is 0. The average molecular weight is 186 g/mol. The smallest absolute Gasteiger partial charge is 0.411 e. The maximum absolute atomic E-state index is 11.3. The van der Waals surface area contributed by atoms with Crippen LogP contribution in [0.3, 0.4) is 0 Å². The highest BCUT2D eigenvalue weighted by molar-refractivity contribution is 5.70. The number of aliphatic hydroxyl groups is 1. The van der Waals surface area contributed by atoms with Crippen molar-refractivity contribution < 1.29 is 14.6 Å². The molecule has 2 N–H and O–H groups in total. The van der Waals surface area contributed by atoms with Gasteiger partial charge in [-0.3, -0.25) is 10.2 Å². The first-order valence-electron chi connectivity index (χ1n) is 4.62. The van der Waals surface area contributed by atoms with Crippen molar-refractivity contribution in [2.24, 2.45) is 0 Å². The number of ether oxygens (including phenoxy) is 1. The van der Waals surface area contributed by atoms with Gasteiger partial charge in [0.25, 0.3) is 0 Å². The van der Waals surface area contributed by atoms with E-state index in [1.165, 1.54) is 0 Å². The largest absolute Gasteiger partial charge is 0.447 e. The zero-order valence-electron chi connectivity index (χ0n) is 7.40. The van der Waals surface area contributed by atoms with Crippen molar-refractivity contribution >= 4 is 6.09 Å². The molecular formula is C8H14N2O3. The van der Waals surface area contributed by atoms with E-state index in [0.29, 0.717) is 6.61 Å². The Hall–Kier alpha value is -0.810. The molecule has 2 rings (SSSR count). The summed E-state index contributed by atoms with van der Waals surface area (Å²) in [6, 6.07) is -0.164. The van der Waals surface area contributed by atoms with Crippen LogP contribution in [0.1, 0.15) is 12.8 Å². The van der Waals surface area contributed by atoms with E-state index in [1.807, 2.05) is 0 Å². The fourth-order valence-electron chi connectivity index (χ4n) is 1.90. The van der Waals surface area contributed by atoms with Gasteiger partial charge in [-0.05, 0) is 19.4 Å². The third-order valence-corrected chi connectivity index (χ3v) is 2.58. The molecule has 0 saturated carbocycles. The van der Waals surface area contributed by atoms with Gasteiger partial charge < -0.3 is 9.84 Å². The predicted molar refractivity (Wildman–Crippen MR) is 45.1 cm³/mol. The molecule has 5 nitrogen and oxygen atoms in total. The Balaban J connectivity index is 2.04. The second kappa shape index (κ2) is 3.51. The molecule has 0 bridgehead atoms. The third kappa shape index (κ3) is 1.49. The van der Waals surface area contributed by atoms with Crippen LogP contribution in [-0.4, -0.2) is 48.1 Å². The van der Waals surface area contributed by atoms with E-state index in [-0.39, 0.29) is 24.9 Å². The Morgan fingerprint density at radius 3 is 3.15 bits per heavy atom. The van der Waals surface area contributed by atoms with E-state index in [9.17, 15) is 4.79 Å². The van der Waals surface area contributed by atoms with Gasteiger partial charge in [-0.15, -0.1) is 0 Å². The number of nitrogens with one attached hydrogen (secondary N) is 1. The van der Waals surface area contributed by atoms with Gasteiger partial charge in [0.2, 0.25) is 0 Å². The summed E-state index contributed by atoms with van der Waals surface area (Å²) < 4.78 is 4.87. The van der Waals surface area contributed by atoms with E-state index in [4.69, 9.17) is 9.84 Å². The normalized spacial score (nSPS) is 33.9. The maximum Gasteiger partial charge on any atom is 0.411 e. The van der Waals surface area contributed by atoms with Crippen LogP contribution in [0.15, 0.2) is 0 Å². The lowest BCUT2D eigenvalue weighted by molar-refractivity contribution is 0.124. The number of cyclic esters (lactones) is 1. The lowest BCUT2D eigenvalue weighted by Gasteiger charge is -2.26. The molecule has 2 atom stereocenters. The van der Waals surface area contributed by atoms with Crippen LogP contribution in [-0.2, 0) is 4.74 Å². The number of aliphatic hydroxyl groups excluding tert-OH is 1. The lowest BCUT2D eigenvalue weighted by atomic mass is 10.2. The second-order valence-corrected chi connectivity index (χ2v) is 3.43. The molecule has 2 aliphatic heterocycles. The molecule has 74 valence electrons. The van der Waals surface area contributed by atoms with E-state index < -0.39 is 0 Å². The molecule has 0 aromatic rings. The van der Waals surface area contributed by atoms with Crippen molar-refractivity contribution in [1.82, 2.24) is 10.2 Å². The van der Waals surface area contributed by atoms with Crippen LogP contribution >= 0.6 is 0 Å². The number of rotatable bonds is 2. The summed E-state index contributed by atoms with van der Waals surface area (Å²) in [5.74, 6) is 0. The van der Waals surface area contributed by atoms with E-state index in [0.717, 1.165) is 19.4 Å². The first-order chi connectivity index (χ1) is 6.33. The van der Waals surface area contributed by atoms with Crippen LogP contribution in [0.2, 0.25) is 0 Å².